The fraction of sp³-hybridized carbons (Fsp3) is 0.273. The maximum absolute atomic E-state index is 13.2. The third-order valence-corrected chi connectivity index (χ3v) is 1.91. The van der Waals surface area contributed by atoms with Gasteiger partial charge in [-0.05, 0) is 25.6 Å². The summed E-state index contributed by atoms with van der Waals surface area (Å²) < 4.78 is 13.2. The van der Waals surface area contributed by atoms with Crippen molar-refractivity contribution < 1.29 is 4.39 Å². The summed E-state index contributed by atoms with van der Waals surface area (Å²) in [7, 11) is 1.87. The standard InChI is InChI=1S/C11H14FN/c1-9(7-8-13-2)10-5-3-4-6-11(10)12/h3-7,13H,8H2,1-2H3/b9-7-. The lowest BCUT2D eigenvalue weighted by Crippen LogP contribution is -2.04. The number of halogens is 1. The molecule has 1 aromatic carbocycles. The molecule has 70 valence electrons. The van der Waals surface area contributed by atoms with Gasteiger partial charge in [0.1, 0.15) is 5.82 Å². The number of rotatable bonds is 3. The first-order chi connectivity index (χ1) is 6.25. The Morgan fingerprint density at radius 3 is 2.77 bits per heavy atom. The van der Waals surface area contributed by atoms with Gasteiger partial charge in [0.2, 0.25) is 0 Å². The zero-order valence-electron chi connectivity index (χ0n) is 7.97. The van der Waals surface area contributed by atoms with E-state index in [1.165, 1.54) is 6.07 Å². The first-order valence-corrected chi connectivity index (χ1v) is 4.32. The topological polar surface area (TPSA) is 12.0 Å². The van der Waals surface area contributed by atoms with Crippen LogP contribution < -0.4 is 5.32 Å². The van der Waals surface area contributed by atoms with E-state index in [-0.39, 0.29) is 5.82 Å². The fourth-order valence-corrected chi connectivity index (χ4v) is 1.15. The SMILES string of the molecule is CNC/C=C(/C)c1ccccc1F. The molecule has 1 N–H and O–H groups in total. The average molecular weight is 179 g/mol. The molecule has 0 amide bonds. The summed E-state index contributed by atoms with van der Waals surface area (Å²) in [6, 6.07) is 6.81. The molecular formula is C11H14FN. The highest BCUT2D eigenvalue weighted by molar-refractivity contribution is 5.64. The highest BCUT2D eigenvalue weighted by Gasteiger charge is 2.00. The van der Waals surface area contributed by atoms with Crippen LogP contribution in [0.4, 0.5) is 4.39 Å². The van der Waals surface area contributed by atoms with Gasteiger partial charge in [-0.2, -0.15) is 0 Å². The van der Waals surface area contributed by atoms with Crippen LogP contribution in [0.15, 0.2) is 30.3 Å². The van der Waals surface area contributed by atoms with Gasteiger partial charge in [-0.3, -0.25) is 0 Å². The molecule has 0 saturated carbocycles. The van der Waals surface area contributed by atoms with Crippen molar-refractivity contribution in [3.63, 3.8) is 0 Å². The van der Waals surface area contributed by atoms with E-state index in [4.69, 9.17) is 0 Å². The fourth-order valence-electron chi connectivity index (χ4n) is 1.15. The minimum Gasteiger partial charge on any atom is -0.316 e. The van der Waals surface area contributed by atoms with E-state index in [1.807, 2.05) is 26.1 Å². The van der Waals surface area contributed by atoms with Crippen LogP contribution >= 0.6 is 0 Å². The van der Waals surface area contributed by atoms with E-state index in [9.17, 15) is 4.39 Å². The van der Waals surface area contributed by atoms with E-state index in [0.29, 0.717) is 5.56 Å². The van der Waals surface area contributed by atoms with Gasteiger partial charge in [-0.1, -0.05) is 24.3 Å². The second-order valence-corrected chi connectivity index (χ2v) is 2.92. The van der Waals surface area contributed by atoms with Crippen LogP contribution in [0.25, 0.3) is 5.57 Å². The van der Waals surface area contributed by atoms with E-state index in [2.05, 4.69) is 5.32 Å². The molecule has 0 atom stereocenters. The minimum atomic E-state index is -0.160. The first kappa shape index (κ1) is 9.93. The van der Waals surface area contributed by atoms with Crippen molar-refractivity contribution in [2.24, 2.45) is 0 Å². The number of hydrogen-bond acceptors (Lipinski definition) is 1. The molecule has 0 unspecified atom stereocenters. The van der Waals surface area contributed by atoms with Crippen LogP contribution in [0.1, 0.15) is 12.5 Å². The predicted molar refractivity (Wildman–Crippen MR) is 54.0 cm³/mol. The van der Waals surface area contributed by atoms with Gasteiger partial charge in [-0.25, -0.2) is 4.39 Å². The lowest BCUT2D eigenvalue weighted by molar-refractivity contribution is 0.624. The maximum Gasteiger partial charge on any atom is 0.130 e. The Morgan fingerprint density at radius 2 is 2.15 bits per heavy atom. The Bertz CT molecular complexity index is 305. The number of allylic oxidation sites excluding steroid dienone is 1. The summed E-state index contributed by atoms with van der Waals surface area (Å²) in [6.07, 6.45) is 1.97. The summed E-state index contributed by atoms with van der Waals surface area (Å²) in [5.41, 5.74) is 1.64. The van der Waals surface area contributed by atoms with E-state index < -0.39 is 0 Å². The molecular weight excluding hydrogens is 165 g/mol. The third kappa shape index (κ3) is 2.67. The molecule has 0 aromatic heterocycles. The zero-order valence-corrected chi connectivity index (χ0v) is 7.97. The second-order valence-electron chi connectivity index (χ2n) is 2.92. The Balaban J connectivity index is 2.88. The van der Waals surface area contributed by atoms with Gasteiger partial charge in [0.05, 0.1) is 0 Å². The van der Waals surface area contributed by atoms with Crippen molar-refractivity contribution >= 4 is 5.57 Å². The lowest BCUT2D eigenvalue weighted by Gasteiger charge is -2.02. The molecule has 0 aliphatic carbocycles. The predicted octanol–water partition coefficient (Wildman–Crippen LogP) is 2.45. The van der Waals surface area contributed by atoms with Crippen LogP contribution in [-0.4, -0.2) is 13.6 Å². The molecule has 2 heteroatoms. The zero-order chi connectivity index (χ0) is 9.68. The summed E-state index contributed by atoms with van der Waals surface area (Å²) >= 11 is 0. The van der Waals surface area contributed by atoms with Gasteiger partial charge in [0.25, 0.3) is 0 Å². The average Bonchev–Trinajstić information content (AvgIpc) is 2.15. The van der Waals surface area contributed by atoms with E-state index >= 15 is 0 Å². The molecule has 0 spiro atoms. The second kappa shape index (κ2) is 4.77. The van der Waals surface area contributed by atoms with Crippen molar-refractivity contribution in [2.45, 2.75) is 6.92 Å². The summed E-state index contributed by atoms with van der Waals surface area (Å²) in [6.45, 7) is 2.68. The van der Waals surface area contributed by atoms with Gasteiger partial charge >= 0.3 is 0 Å². The van der Waals surface area contributed by atoms with Crippen LogP contribution in [0.2, 0.25) is 0 Å². The minimum absolute atomic E-state index is 0.160. The smallest absolute Gasteiger partial charge is 0.130 e. The van der Waals surface area contributed by atoms with Crippen molar-refractivity contribution in [3.05, 3.63) is 41.7 Å². The molecule has 1 nitrogen and oxygen atoms in total. The molecule has 0 aliphatic heterocycles. The Hall–Kier alpha value is -1.15. The Kier molecular flexibility index (Phi) is 3.65. The number of hydrogen-bond donors (Lipinski definition) is 1. The number of nitrogens with one attached hydrogen (secondary N) is 1. The molecule has 0 saturated heterocycles. The normalized spacial score (nSPS) is 11.8. The molecule has 0 radical (unpaired) electrons. The maximum atomic E-state index is 13.2. The van der Waals surface area contributed by atoms with Gasteiger partial charge in [0.15, 0.2) is 0 Å². The summed E-state index contributed by atoms with van der Waals surface area (Å²) in [5, 5.41) is 2.99. The van der Waals surface area contributed by atoms with Gasteiger partial charge in [0, 0.05) is 12.1 Å². The summed E-state index contributed by atoms with van der Waals surface area (Å²) in [4.78, 5) is 0. The number of likely N-dealkylation sites (N-methyl/N-ethyl adjacent to an activating group) is 1. The van der Waals surface area contributed by atoms with Crippen LogP contribution in [0.5, 0.6) is 0 Å². The van der Waals surface area contributed by atoms with Crippen molar-refractivity contribution in [1.82, 2.24) is 5.32 Å². The Labute approximate surface area is 78.3 Å². The highest BCUT2D eigenvalue weighted by Crippen LogP contribution is 2.16. The number of benzene rings is 1. The van der Waals surface area contributed by atoms with E-state index in [0.717, 1.165) is 12.1 Å². The highest BCUT2D eigenvalue weighted by atomic mass is 19.1. The molecule has 0 fully saturated rings. The van der Waals surface area contributed by atoms with Crippen LogP contribution in [-0.2, 0) is 0 Å². The van der Waals surface area contributed by atoms with Gasteiger partial charge < -0.3 is 5.32 Å². The van der Waals surface area contributed by atoms with Crippen LogP contribution in [0.3, 0.4) is 0 Å². The van der Waals surface area contributed by atoms with Crippen LogP contribution in [0, 0.1) is 5.82 Å². The largest absolute Gasteiger partial charge is 0.316 e. The summed E-state index contributed by atoms with van der Waals surface area (Å²) in [5.74, 6) is -0.160. The van der Waals surface area contributed by atoms with Gasteiger partial charge in [-0.15, -0.1) is 0 Å². The van der Waals surface area contributed by atoms with Crippen molar-refractivity contribution in [3.8, 4) is 0 Å². The monoisotopic (exact) mass is 179 g/mol. The molecule has 1 rings (SSSR count). The quantitative estimate of drug-likeness (QED) is 0.751. The van der Waals surface area contributed by atoms with Crippen molar-refractivity contribution in [2.75, 3.05) is 13.6 Å². The lowest BCUT2D eigenvalue weighted by atomic mass is 10.1. The third-order valence-electron chi connectivity index (χ3n) is 1.91. The van der Waals surface area contributed by atoms with E-state index in [1.54, 1.807) is 12.1 Å². The molecule has 13 heavy (non-hydrogen) atoms. The molecule has 0 heterocycles. The Morgan fingerprint density at radius 1 is 1.46 bits per heavy atom. The molecule has 1 aromatic rings. The molecule has 0 aliphatic rings. The van der Waals surface area contributed by atoms with Crippen molar-refractivity contribution in [1.29, 1.82) is 0 Å². The molecule has 0 bridgehead atoms. The first-order valence-electron chi connectivity index (χ1n) is 4.32.